The van der Waals surface area contributed by atoms with Crippen molar-refractivity contribution >= 4 is 11.9 Å². The largest absolute Gasteiger partial charge is 0.494 e. The number of aliphatic imine (C=N–C) groups is 1. The lowest BCUT2D eigenvalue weighted by molar-refractivity contribution is 0.309. The molecule has 6 nitrogen and oxygen atoms in total. The van der Waals surface area contributed by atoms with Crippen molar-refractivity contribution in [2.75, 3.05) is 20.2 Å². The van der Waals surface area contributed by atoms with Crippen molar-refractivity contribution in [3.8, 4) is 5.75 Å². The fourth-order valence-corrected chi connectivity index (χ4v) is 1.70. The molecule has 0 aliphatic heterocycles. The third kappa shape index (κ3) is 6.65. The van der Waals surface area contributed by atoms with Gasteiger partial charge in [0.05, 0.1) is 6.61 Å². The number of hydrogen-bond donors (Lipinski definition) is 3. The Bertz CT molecular complexity index is 465. The van der Waals surface area contributed by atoms with Gasteiger partial charge in [-0.25, -0.2) is 0 Å². The summed E-state index contributed by atoms with van der Waals surface area (Å²) in [5.74, 6) is 0.865. The van der Waals surface area contributed by atoms with Crippen molar-refractivity contribution in [1.82, 2.24) is 4.90 Å². The van der Waals surface area contributed by atoms with E-state index >= 15 is 0 Å². The summed E-state index contributed by atoms with van der Waals surface area (Å²) in [6.07, 6.45) is 3.01. The minimum atomic E-state index is -0.0968. The highest BCUT2D eigenvalue weighted by atomic mass is 16.5. The van der Waals surface area contributed by atoms with Gasteiger partial charge in [0.1, 0.15) is 5.75 Å². The molecule has 5 N–H and O–H groups in total. The van der Waals surface area contributed by atoms with E-state index in [0.717, 1.165) is 31.6 Å². The average Bonchev–Trinajstić information content (AvgIpc) is 2.45. The molecule has 0 atom stereocenters. The quantitative estimate of drug-likeness (QED) is 0.403. The second-order valence-electron chi connectivity index (χ2n) is 4.88. The van der Waals surface area contributed by atoms with E-state index in [9.17, 15) is 0 Å². The lowest BCUT2D eigenvalue weighted by Crippen LogP contribution is -2.31. The first kappa shape index (κ1) is 16.8. The molecule has 1 rings (SSSR count). The fraction of sp³-hybridized carbons (Fsp3) is 0.467. The number of nitrogens with two attached hydrogens (primary N) is 2. The van der Waals surface area contributed by atoms with Crippen LogP contribution in [-0.2, 0) is 6.42 Å². The summed E-state index contributed by atoms with van der Waals surface area (Å²) in [7, 11) is 1.79. The first-order valence-electron chi connectivity index (χ1n) is 7.14. The van der Waals surface area contributed by atoms with Crippen LogP contribution < -0.4 is 16.2 Å². The van der Waals surface area contributed by atoms with Crippen LogP contribution in [0.15, 0.2) is 29.3 Å². The molecule has 0 unspecified atom stereocenters. The van der Waals surface area contributed by atoms with Crippen LogP contribution in [0.3, 0.4) is 0 Å². The molecule has 116 valence electrons. The highest BCUT2D eigenvalue weighted by molar-refractivity contribution is 5.91. The average molecular weight is 291 g/mol. The fourth-order valence-electron chi connectivity index (χ4n) is 1.70. The van der Waals surface area contributed by atoms with Gasteiger partial charge in [-0.15, -0.1) is 0 Å². The van der Waals surface area contributed by atoms with Crippen molar-refractivity contribution in [1.29, 1.82) is 5.41 Å². The number of ether oxygens (including phenoxy) is 1. The maximum atomic E-state index is 7.68. The van der Waals surface area contributed by atoms with E-state index in [1.807, 2.05) is 24.3 Å². The second kappa shape index (κ2) is 8.84. The van der Waals surface area contributed by atoms with Crippen LogP contribution in [0.4, 0.5) is 0 Å². The van der Waals surface area contributed by atoms with E-state index in [1.54, 1.807) is 11.9 Å². The van der Waals surface area contributed by atoms with E-state index in [2.05, 4.69) is 11.9 Å². The van der Waals surface area contributed by atoms with Crippen LogP contribution in [-0.4, -0.2) is 37.0 Å². The van der Waals surface area contributed by atoms with Gasteiger partial charge < -0.3 is 21.1 Å². The molecule has 0 spiro atoms. The maximum Gasteiger partial charge on any atom is 0.220 e. The Morgan fingerprint density at radius 2 is 1.95 bits per heavy atom. The normalized spacial score (nSPS) is 10.0. The summed E-state index contributed by atoms with van der Waals surface area (Å²) >= 11 is 0. The highest BCUT2D eigenvalue weighted by Gasteiger charge is 2.04. The zero-order valence-corrected chi connectivity index (χ0v) is 12.8. The molecule has 0 radical (unpaired) electrons. The minimum Gasteiger partial charge on any atom is -0.494 e. The molecule has 0 bridgehead atoms. The van der Waals surface area contributed by atoms with Gasteiger partial charge in [-0.3, -0.25) is 5.41 Å². The first-order valence-corrected chi connectivity index (χ1v) is 7.14. The Balaban J connectivity index is 2.42. The maximum absolute atomic E-state index is 7.68. The predicted molar refractivity (Wildman–Crippen MR) is 86.7 cm³/mol. The Hall–Kier alpha value is -2.24. The molecular formula is C15H25N5O. The van der Waals surface area contributed by atoms with Crippen molar-refractivity contribution in [2.45, 2.75) is 26.2 Å². The van der Waals surface area contributed by atoms with Gasteiger partial charge in [0.2, 0.25) is 5.96 Å². The van der Waals surface area contributed by atoms with Crippen molar-refractivity contribution < 1.29 is 4.74 Å². The number of benzene rings is 1. The number of guanidine groups is 2. The number of rotatable bonds is 7. The Labute approximate surface area is 126 Å². The van der Waals surface area contributed by atoms with E-state index in [-0.39, 0.29) is 11.9 Å². The summed E-state index contributed by atoms with van der Waals surface area (Å²) in [6.45, 7) is 3.57. The number of nitrogens with zero attached hydrogens (tertiary/aromatic N) is 2. The van der Waals surface area contributed by atoms with E-state index < -0.39 is 0 Å². The number of hydrogen-bond acceptors (Lipinski definition) is 2. The summed E-state index contributed by atoms with van der Waals surface area (Å²) in [4.78, 5) is 5.41. The predicted octanol–water partition coefficient (Wildman–Crippen LogP) is 1.55. The monoisotopic (exact) mass is 291 g/mol. The van der Waals surface area contributed by atoms with Gasteiger partial charge in [0.25, 0.3) is 0 Å². The van der Waals surface area contributed by atoms with Gasteiger partial charge in [-0.2, -0.15) is 4.99 Å². The number of nitrogens with one attached hydrogen (secondary N) is 1. The highest BCUT2D eigenvalue weighted by Crippen LogP contribution is 2.13. The molecule has 0 amide bonds. The topological polar surface area (TPSA) is 101 Å². The molecule has 21 heavy (non-hydrogen) atoms. The van der Waals surface area contributed by atoms with Gasteiger partial charge in [0, 0.05) is 13.6 Å². The van der Waals surface area contributed by atoms with Gasteiger partial charge >= 0.3 is 0 Å². The third-order valence-corrected chi connectivity index (χ3v) is 3.02. The summed E-state index contributed by atoms with van der Waals surface area (Å²) < 4.78 is 5.62. The number of unbranched alkanes of at least 4 members (excludes halogenated alkanes) is 1. The van der Waals surface area contributed by atoms with Crippen LogP contribution in [0.1, 0.15) is 25.3 Å². The standard InChI is InChI=1S/C15H25N5O/c1-3-4-11-21-13-7-5-12(6-8-13)9-10-20(2)15(18)19-14(16)17/h5-8H,3-4,9-11H2,1-2H3,(H5,16,17,18,19). The summed E-state index contributed by atoms with van der Waals surface area (Å²) in [5.41, 5.74) is 11.7. The molecule has 0 aliphatic rings. The molecule has 0 fully saturated rings. The second-order valence-corrected chi connectivity index (χ2v) is 4.88. The molecule has 0 heterocycles. The van der Waals surface area contributed by atoms with Gasteiger partial charge in [-0.05, 0) is 30.5 Å². The van der Waals surface area contributed by atoms with Crippen molar-refractivity contribution in [3.63, 3.8) is 0 Å². The Kier molecular flexibility index (Phi) is 7.08. The lowest BCUT2D eigenvalue weighted by Gasteiger charge is -2.16. The van der Waals surface area contributed by atoms with E-state index in [4.69, 9.17) is 21.6 Å². The van der Waals surface area contributed by atoms with Gasteiger partial charge in [0.15, 0.2) is 5.96 Å². The summed E-state index contributed by atoms with van der Waals surface area (Å²) in [6, 6.07) is 8.04. The Morgan fingerprint density at radius 1 is 1.29 bits per heavy atom. The van der Waals surface area contributed by atoms with Gasteiger partial charge in [-0.1, -0.05) is 25.5 Å². The SMILES string of the molecule is CCCCOc1ccc(CCN(C)C(=N)N=C(N)N)cc1. The molecule has 0 aliphatic carbocycles. The summed E-state index contributed by atoms with van der Waals surface area (Å²) in [5, 5.41) is 7.68. The lowest BCUT2D eigenvalue weighted by atomic mass is 10.1. The Morgan fingerprint density at radius 3 is 2.52 bits per heavy atom. The van der Waals surface area contributed by atoms with Crippen LogP contribution >= 0.6 is 0 Å². The molecule has 0 saturated carbocycles. The molecule has 0 aromatic heterocycles. The molecule has 1 aromatic rings. The van der Waals surface area contributed by atoms with Crippen LogP contribution in [0, 0.1) is 5.41 Å². The van der Waals surface area contributed by atoms with Crippen molar-refractivity contribution in [2.24, 2.45) is 16.5 Å². The zero-order chi connectivity index (χ0) is 15.7. The minimum absolute atomic E-state index is 0.0644. The van der Waals surface area contributed by atoms with E-state index in [1.165, 1.54) is 5.56 Å². The number of likely N-dealkylation sites (N-methyl/N-ethyl adjacent to an activating group) is 1. The molecule has 6 heteroatoms. The molecular weight excluding hydrogens is 266 g/mol. The smallest absolute Gasteiger partial charge is 0.220 e. The third-order valence-electron chi connectivity index (χ3n) is 3.02. The first-order chi connectivity index (χ1) is 10.0. The molecule has 1 aromatic carbocycles. The van der Waals surface area contributed by atoms with Crippen LogP contribution in [0.25, 0.3) is 0 Å². The zero-order valence-electron chi connectivity index (χ0n) is 12.8. The van der Waals surface area contributed by atoms with Crippen LogP contribution in [0.2, 0.25) is 0 Å². The van der Waals surface area contributed by atoms with Crippen LogP contribution in [0.5, 0.6) is 5.75 Å². The van der Waals surface area contributed by atoms with Crippen molar-refractivity contribution in [3.05, 3.63) is 29.8 Å². The van der Waals surface area contributed by atoms with E-state index in [0.29, 0.717) is 6.54 Å². The molecule has 0 saturated heterocycles.